The number of hydrogen-bond donors (Lipinski definition) is 3. The molecule has 1 rings (SSSR count). The fourth-order valence-corrected chi connectivity index (χ4v) is 1.78. The van der Waals surface area contributed by atoms with Crippen molar-refractivity contribution in [1.82, 2.24) is 5.32 Å². The van der Waals surface area contributed by atoms with Crippen molar-refractivity contribution in [3.63, 3.8) is 0 Å². The van der Waals surface area contributed by atoms with Crippen LogP contribution in [0.25, 0.3) is 0 Å². The summed E-state index contributed by atoms with van der Waals surface area (Å²) in [5, 5.41) is 13.0. The molecule has 100 valence electrons. The Kier molecular flexibility index (Phi) is 4.99. The van der Waals surface area contributed by atoms with Crippen molar-refractivity contribution in [3.05, 3.63) is 28.8 Å². The van der Waals surface area contributed by atoms with Crippen molar-refractivity contribution in [3.8, 4) is 0 Å². The molecule has 0 radical (unpaired) electrons. The Bertz CT molecular complexity index is 431. The Hall–Kier alpha value is -1.26. The maximum absolute atomic E-state index is 11.9. The zero-order valence-electron chi connectivity index (χ0n) is 10.7. The summed E-state index contributed by atoms with van der Waals surface area (Å²) in [6, 6.07) is 4.90. The average Bonchev–Trinajstić information content (AvgIpc) is 2.39. The summed E-state index contributed by atoms with van der Waals surface area (Å²) in [5.74, 6) is -0.326. The first kappa shape index (κ1) is 14.8. The molecule has 0 aliphatic carbocycles. The molecule has 0 spiro atoms. The standard InChI is InChI=1S/C13H19ClN2O2/c1-3-13(18,4-2)8-16-12(17)9-6-5-7-10(15)11(9)14/h5-7,18H,3-4,8,15H2,1-2H3,(H,16,17). The number of benzene rings is 1. The van der Waals surface area contributed by atoms with Crippen molar-refractivity contribution in [2.24, 2.45) is 0 Å². The summed E-state index contributed by atoms with van der Waals surface area (Å²) in [4.78, 5) is 11.9. The van der Waals surface area contributed by atoms with E-state index in [4.69, 9.17) is 17.3 Å². The minimum absolute atomic E-state index is 0.198. The van der Waals surface area contributed by atoms with Crippen LogP contribution in [0.3, 0.4) is 0 Å². The van der Waals surface area contributed by atoms with Gasteiger partial charge in [0.25, 0.3) is 5.91 Å². The van der Waals surface area contributed by atoms with Gasteiger partial charge >= 0.3 is 0 Å². The quantitative estimate of drug-likeness (QED) is 0.718. The van der Waals surface area contributed by atoms with Gasteiger partial charge in [0.2, 0.25) is 0 Å². The number of nitrogen functional groups attached to an aromatic ring is 1. The van der Waals surface area contributed by atoms with Crippen molar-refractivity contribution in [1.29, 1.82) is 0 Å². The molecular weight excluding hydrogens is 252 g/mol. The van der Waals surface area contributed by atoms with Gasteiger partial charge in [0.1, 0.15) is 0 Å². The topological polar surface area (TPSA) is 75.3 Å². The Morgan fingerprint density at radius 1 is 1.44 bits per heavy atom. The van der Waals surface area contributed by atoms with Crippen molar-refractivity contribution in [2.75, 3.05) is 12.3 Å². The number of carbonyl (C=O) groups excluding carboxylic acids is 1. The van der Waals surface area contributed by atoms with Gasteiger partial charge in [-0.05, 0) is 25.0 Å². The van der Waals surface area contributed by atoms with Gasteiger partial charge < -0.3 is 16.2 Å². The van der Waals surface area contributed by atoms with Crippen LogP contribution < -0.4 is 11.1 Å². The number of nitrogens with two attached hydrogens (primary N) is 1. The number of hydrogen-bond acceptors (Lipinski definition) is 3. The van der Waals surface area contributed by atoms with Crippen LogP contribution >= 0.6 is 11.6 Å². The first-order valence-electron chi connectivity index (χ1n) is 5.98. The highest BCUT2D eigenvalue weighted by molar-refractivity contribution is 6.36. The maximum Gasteiger partial charge on any atom is 0.252 e. The maximum atomic E-state index is 11.9. The molecular formula is C13H19ClN2O2. The van der Waals surface area contributed by atoms with Gasteiger partial charge in [-0.15, -0.1) is 0 Å². The van der Waals surface area contributed by atoms with Crippen LogP contribution in [0, 0.1) is 0 Å². The zero-order chi connectivity index (χ0) is 13.8. The predicted molar refractivity (Wildman–Crippen MR) is 73.7 cm³/mol. The van der Waals surface area contributed by atoms with E-state index in [1.165, 1.54) is 0 Å². The zero-order valence-corrected chi connectivity index (χ0v) is 11.4. The number of halogens is 1. The summed E-state index contributed by atoms with van der Waals surface area (Å²) in [7, 11) is 0. The molecule has 0 fully saturated rings. The van der Waals surface area contributed by atoms with Crippen LogP contribution in [0.1, 0.15) is 37.0 Å². The number of nitrogens with one attached hydrogen (secondary N) is 1. The predicted octanol–water partition coefficient (Wildman–Crippen LogP) is 2.20. The molecule has 0 unspecified atom stereocenters. The van der Waals surface area contributed by atoms with E-state index in [2.05, 4.69) is 5.32 Å². The second-order valence-electron chi connectivity index (χ2n) is 4.32. The first-order chi connectivity index (χ1) is 8.43. The van der Waals surface area contributed by atoms with Gasteiger partial charge in [-0.2, -0.15) is 0 Å². The normalized spacial score (nSPS) is 11.3. The van der Waals surface area contributed by atoms with E-state index in [1.54, 1.807) is 18.2 Å². The van der Waals surface area contributed by atoms with Crippen LogP contribution in [0.15, 0.2) is 18.2 Å². The molecule has 0 aliphatic rings. The van der Waals surface area contributed by atoms with Crippen molar-refractivity contribution >= 4 is 23.2 Å². The minimum atomic E-state index is -0.873. The second-order valence-corrected chi connectivity index (χ2v) is 4.70. The third-order valence-electron chi connectivity index (χ3n) is 3.17. The van der Waals surface area contributed by atoms with Gasteiger partial charge in [-0.1, -0.05) is 31.5 Å². The summed E-state index contributed by atoms with van der Waals surface area (Å²) in [6.07, 6.45) is 1.16. The largest absolute Gasteiger partial charge is 0.398 e. The van der Waals surface area contributed by atoms with E-state index in [0.717, 1.165) is 0 Å². The SMILES string of the molecule is CCC(O)(CC)CNC(=O)c1cccc(N)c1Cl. The Morgan fingerprint density at radius 2 is 2.06 bits per heavy atom. The lowest BCUT2D eigenvalue weighted by molar-refractivity contribution is 0.0314. The van der Waals surface area contributed by atoms with E-state index in [-0.39, 0.29) is 17.5 Å². The first-order valence-corrected chi connectivity index (χ1v) is 6.36. The van der Waals surface area contributed by atoms with E-state index >= 15 is 0 Å². The molecule has 18 heavy (non-hydrogen) atoms. The monoisotopic (exact) mass is 270 g/mol. The molecule has 0 aromatic heterocycles. The smallest absolute Gasteiger partial charge is 0.252 e. The number of rotatable bonds is 5. The fraction of sp³-hybridized carbons (Fsp3) is 0.462. The minimum Gasteiger partial charge on any atom is -0.398 e. The van der Waals surface area contributed by atoms with E-state index in [1.807, 2.05) is 13.8 Å². The molecule has 0 heterocycles. The van der Waals surface area contributed by atoms with Crippen LogP contribution in [0.5, 0.6) is 0 Å². The van der Waals surface area contributed by atoms with E-state index in [9.17, 15) is 9.90 Å². The van der Waals surface area contributed by atoms with Gasteiger partial charge in [0, 0.05) is 6.54 Å². The fourth-order valence-electron chi connectivity index (χ4n) is 1.57. The Balaban J connectivity index is 2.75. The molecule has 0 saturated heterocycles. The Morgan fingerprint density at radius 3 is 2.61 bits per heavy atom. The van der Waals surface area contributed by atoms with E-state index < -0.39 is 5.60 Å². The molecule has 0 atom stereocenters. The van der Waals surface area contributed by atoms with Crippen LogP contribution in [0.4, 0.5) is 5.69 Å². The lowest BCUT2D eigenvalue weighted by atomic mass is 9.97. The molecule has 0 aliphatic heterocycles. The summed E-state index contributed by atoms with van der Waals surface area (Å²) in [6.45, 7) is 3.95. The van der Waals surface area contributed by atoms with Crippen LogP contribution in [0.2, 0.25) is 5.02 Å². The summed E-state index contributed by atoms with van der Waals surface area (Å²) >= 11 is 5.96. The molecule has 0 saturated carbocycles. The third kappa shape index (κ3) is 3.37. The van der Waals surface area contributed by atoms with Gasteiger partial charge in [-0.3, -0.25) is 4.79 Å². The highest BCUT2D eigenvalue weighted by atomic mass is 35.5. The number of aliphatic hydroxyl groups is 1. The van der Waals surface area contributed by atoms with Crippen LogP contribution in [-0.2, 0) is 0 Å². The highest BCUT2D eigenvalue weighted by Gasteiger charge is 2.23. The molecule has 4 nitrogen and oxygen atoms in total. The Labute approximate surface area is 112 Å². The van der Waals surface area contributed by atoms with Crippen molar-refractivity contribution < 1.29 is 9.90 Å². The highest BCUT2D eigenvalue weighted by Crippen LogP contribution is 2.23. The van der Waals surface area contributed by atoms with Crippen LogP contribution in [-0.4, -0.2) is 23.2 Å². The van der Waals surface area contributed by atoms with Gasteiger partial charge in [-0.25, -0.2) is 0 Å². The number of carbonyl (C=O) groups is 1. The van der Waals surface area contributed by atoms with Gasteiger partial charge in [0.15, 0.2) is 0 Å². The number of anilines is 1. The average molecular weight is 271 g/mol. The molecule has 4 N–H and O–H groups in total. The van der Waals surface area contributed by atoms with E-state index in [0.29, 0.717) is 24.1 Å². The molecule has 0 bridgehead atoms. The lowest BCUT2D eigenvalue weighted by Crippen LogP contribution is -2.42. The number of amides is 1. The van der Waals surface area contributed by atoms with Crippen molar-refractivity contribution in [2.45, 2.75) is 32.3 Å². The second kappa shape index (κ2) is 6.07. The molecule has 1 aromatic rings. The molecule has 5 heteroatoms. The molecule has 1 aromatic carbocycles. The summed E-state index contributed by atoms with van der Waals surface area (Å²) < 4.78 is 0. The summed E-state index contributed by atoms with van der Waals surface area (Å²) in [5.41, 5.74) is 5.45. The molecule has 1 amide bonds. The lowest BCUT2D eigenvalue weighted by Gasteiger charge is -2.25. The van der Waals surface area contributed by atoms with Gasteiger partial charge in [0.05, 0.1) is 21.9 Å². The third-order valence-corrected chi connectivity index (χ3v) is 3.59.